The van der Waals surface area contributed by atoms with Crippen LogP contribution in [0.15, 0.2) is 30.3 Å². The summed E-state index contributed by atoms with van der Waals surface area (Å²) in [4.78, 5) is 0. The zero-order valence-corrected chi connectivity index (χ0v) is 14.3. The summed E-state index contributed by atoms with van der Waals surface area (Å²) in [7, 11) is 4.83. The van der Waals surface area contributed by atoms with Crippen LogP contribution in [0.4, 0.5) is 0 Å². The van der Waals surface area contributed by atoms with Gasteiger partial charge in [0.15, 0.2) is 23.0 Å². The first kappa shape index (κ1) is 16.5. The predicted octanol–water partition coefficient (Wildman–Crippen LogP) is 2.85. The number of phenols is 1. The van der Waals surface area contributed by atoms with Gasteiger partial charge in [-0.1, -0.05) is 12.1 Å². The van der Waals surface area contributed by atoms with Crippen LogP contribution in [0.25, 0.3) is 0 Å². The van der Waals surface area contributed by atoms with E-state index >= 15 is 0 Å². The van der Waals surface area contributed by atoms with Crippen LogP contribution in [0, 0.1) is 0 Å². The van der Waals surface area contributed by atoms with E-state index in [4.69, 9.17) is 14.2 Å². The molecular weight excluding hydrogens is 306 g/mol. The zero-order chi connectivity index (χ0) is 17.1. The van der Waals surface area contributed by atoms with Crippen molar-refractivity contribution in [3.05, 3.63) is 47.0 Å². The monoisotopic (exact) mass is 329 g/mol. The number of nitrogens with one attached hydrogen (secondary N) is 1. The molecule has 2 aromatic rings. The van der Waals surface area contributed by atoms with Crippen LogP contribution in [0.5, 0.6) is 23.0 Å². The van der Waals surface area contributed by atoms with Crippen molar-refractivity contribution in [2.24, 2.45) is 0 Å². The van der Waals surface area contributed by atoms with Gasteiger partial charge in [0, 0.05) is 11.6 Å². The molecule has 1 unspecified atom stereocenters. The minimum Gasteiger partial charge on any atom is -0.504 e. The Bertz CT molecular complexity index is 730. The van der Waals surface area contributed by atoms with Gasteiger partial charge < -0.3 is 24.6 Å². The first-order chi connectivity index (χ1) is 11.7. The molecule has 0 aromatic heterocycles. The van der Waals surface area contributed by atoms with Gasteiger partial charge in [-0.05, 0) is 48.7 Å². The lowest BCUT2D eigenvalue weighted by Crippen LogP contribution is -2.31. The number of phenolic OH excluding ortho intramolecular Hbond substituents is 1. The van der Waals surface area contributed by atoms with Gasteiger partial charge in [0.25, 0.3) is 0 Å². The maximum Gasteiger partial charge on any atom is 0.162 e. The molecule has 0 aliphatic carbocycles. The number of benzene rings is 2. The van der Waals surface area contributed by atoms with Gasteiger partial charge in [0.2, 0.25) is 0 Å². The molecule has 0 spiro atoms. The molecule has 5 heteroatoms. The summed E-state index contributed by atoms with van der Waals surface area (Å²) in [6, 6.07) is 9.80. The molecule has 0 saturated carbocycles. The van der Waals surface area contributed by atoms with E-state index in [0.29, 0.717) is 17.2 Å². The Labute approximate surface area is 142 Å². The normalized spacial score (nSPS) is 16.4. The van der Waals surface area contributed by atoms with Crippen molar-refractivity contribution in [3.63, 3.8) is 0 Å². The highest BCUT2D eigenvalue weighted by Crippen LogP contribution is 2.40. The van der Waals surface area contributed by atoms with Gasteiger partial charge in [-0.3, -0.25) is 0 Å². The largest absolute Gasteiger partial charge is 0.504 e. The summed E-state index contributed by atoms with van der Waals surface area (Å²) >= 11 is 0. The van der Waals surface area contributed by atoms with Crippen LogP contribution in [-0.2, 0) is 12.8 Å². The van der Waals surface area contributed by atoms with E-state index in [0.717, 1.165) is 36.1 Å². The second-order valence-electron chi connectivity index (χ2n) is 5.84. The van der Waals surface area contributed by atoms with Crippen molar-refractivity contribution >= 4 is 0 Å². The Kier molecular flexibility index (Phi) is 4.81. The van der Waals surface area contributed by atoms with Crippen molar-refractivity contribution in [2.75, 3.05) is 27.9 Å². The van der Waals surface area contributed by atoms with Crippen LogP contribution in [0.2, 0.25) is 0 Å². The molecular formula is C19H23NO4. The van der Waals surface area contributed by atoms with Crippen LogP contribution < -0.4 is 19.5 Å². The third kappa shape index (κ3) is 2.99. The van der Waals surface area contributed by atoms with E-state index in [1.54, 1.807) is 21.3 Å². The molecule has 1 heterocycles. The molecule has 0 amide bonds. The summed E-state index contributed by atoms with van der Waals surface area (Å²) in [5.74, 6) is 2.16. The molecule has 128 valence electrons. The summed E-state index contributed by atoms with van der Waals surface area (Å²) in [6.07, 6.45) is 1.64. The second-order valence-corrected chi connectivity index (χ2v) is 5.84. The summed E-state index contributed by atoms with van der Waals surface area (Å²) in [5, 5.41) is 14.1. The molecule has 1 atom stereocenters. The lowest BCUT2D eigenvalue weighted by Gasteiger charge is -2.28. The standard InChI is InChI=1S/C19H23NO4/c1-22-15-6-4-12(11-17(15)24-3)10-14-18-13(8-9-20-14)5-7-16(23-2)19(18)21/h4-7,11,14,20-21H,8-10H2,1-3H3. The smallest absolute Gasteiger partial charge is 0.162 e. The van der Waals surface area contributed by atoms with Gasteiger partial charge in [-0.15, -0.1) is 0 Å². The molecule has 2 N–H and O–H groups in total. The average Bonchev–Trinajstić information content (AvgIpc) is 2.62. The fourth-order valence-electron chi connectivity index (χ4n) is 3.30. The zero-order valence-electron chi connectivity index (χ0n) is 14.3. The molecule has 2 aromatic carbocycles. The fraction of sp³-hybridized carbons (Fsp3) is 0.368. The van der Waals surface area contributed by atoms with Gasteiger partial charge in [-0.2, -0.15) is 0 Å². The molecule has 0 fully saturated rings. The van der Waals surface area contributed by atoms with E-state index in [9.17, 15) is 5.11 Å². The van der Waals surface area contributed by atoms with Gasteiger partial charge in [-0.25, -0.2) is 0 Å². The van der Waals surface area contributed by atoms with Crippen LogP contribution in [0.1, 0.15) is 22.7 Å². The number of ether oxygens (including phenoxy) is 3. The highest BCUT2D eigenvalue weighted by Gasteiger charge is 2.25. The van der Waals surface area contributed by atoms with Crippen LogP contribution in [0.3, 0.4) is 0 Å². The number of aromatic hydroxyl groups is 1. The number of hydrogen-bond acceptors (Lipinski definition) is 5. The van der Waals surface area contributed by atoms with Crippen molar-refractivity contribution in [1.29, 1.82) is 0 Å². The third-order valence-electron chi connectivity index (χ3n) is 4.51. The average molecular weight is 329 g/mol. The number of methoxy groups -OCH3 is 3. The fourth-order valence-corrected chi connectivity index (χ4v) is 3.30. The number of fused-ring (bicyclic) bond motifs is 1. The quantitative estimate of drug-likeness (QED) is 0.883. The Hall–Kier alpha value is -2.40. The number of hydrogen-bond donors (Lipinski definition) is 2. The summed E-state index contributed by atoms with van der Waals surface area (Å²) in [5.41, 5.74) is 3.20. The van der Waals surface area contributed by atoms with E-state index in [1.165, 1.54) is 0 Å². The Morgan fingerprint density at radius 1 is 1.00 bits per heavy atom. The molecule has 1 aliphatic heterocycles. The van der Waals surface area contributed by atoms with Gasteiger partial charge in [0.1, 0.15) is 0 Å². The summed E-state index contributed by atoms with van der Waals surface area (Å²) in [6.45, 7) is 0.886. The van der Waals surface area contributed by atoms with Gasteiger partial charge >= 0.3 is 0 Å². The maximum absolute atomic E-state index is 10.6. The van der Waals surface area contributed by atoms with Crippen LogP contribution >= 0.6 is 0 Å². The minimum atomic E-state index is 0.0296. The molecule has 0 radical (unpaired) electrons. The van der Waals surface area contributed by atoms with E-state index in [1.807, 2.05) is 30.3 Å². The minimum absolute atomic E-state index is 0.0296. The lowest BCUT2D eigenvalue weighted by atomic mass is 9.89. The molecule has 5 nitrogen and oxygen atoms in total. The third-order valence-corrected chi connectivity index (χ3v) is 4.51. The Morgan fingerprint density at radius 2 is 1.71 bits per heavy atom. The Morgan fingerprint density at radius 3 is 2.42 bits per heavy atom. The van der Waals surface area contributed by atoms with E-state index < -0.39 is 0 Å². The van der Waals surface area contributed by atoms with Crippen molar-refractivity contribution in [2.45, 2.75) is 18.9 Å². The van der Waals surface area contributed by atoms with Gasteiger partial charge in [0.05, 0.1) is 21.3 Å². The van der Waals surface area contributed by atoms with Crippen LogP contribution in [-0.4, -0.2) is 33.0 Å². The highest BCUT2D eigenvalue weighted by molar-refractivity contribution is 5.53. The second kappa shape index (κ2) is 7.01. The first-order valence-electron chi connectivity index (χ1n) is 8.01. The van der Waals surface area contributed by atoms with E-state index in [-0.39, 0.29) is 11.8 Å². The topological polar surface area (TPSA) is 60.0 Å². The number of rotatable bonds is 5. The van der Waals surface area contributed by atoms with Crippen molar-refractivity contribution in [1.82, 2.24) is 5.32 Å². The highest BCUT2D eigenvalue weighted by atomic mass is 16.5. The van der Waals surface area contributed by atoms with Crippen molar-refractivity contribution in [3.8, 4) is 23.0 Å². The SMILES string of the molecule is COc1ccc(CC2NCCc3ccc(OC)c(O)c32)cc1OC. The predicted molar refractivity (Wildman–Crippen MR) is 92.4 cm³/mol. The molecule has 0 saturated heterocycles. The first-order valence-corrected chi connectivity index (χ1v) is 8.01. The molecule has 3 rings (SSSR count). The molecule has 24 heavy (non-hydrogen) atoms. The van der Waals surface area contributed by atoms with Crippen molar-refractivity contribution < 1.29 is 19.3 Å². The molecule has 1 aliphatic rings. The Balaban J connectivity index is 1.93. The molecule has 0 bridgehead atoms. The van der Waals surface area contributed by atoms with E-state index in [2.05, 4.69) is 5.32 Å². The lowest BCUT2D eigenvalue weighted by molar-refractivity contribution is 0.353. The maximum atomic E-state index is 10.6. The summed E-state index contributed by atoms with van der Waals surface area (Å²) < 4.78 is 15.9.